The van der Waals surface area contributed by atoms with Crippen LogP contribution in [0.5, 0.6) is 0 Å². The lowest BCUT2D eigenvalue weighted by atomic mass is 10.0. The fourth-order valence-electron chi connectivity index (χ4n) is 2.00. The van der Waals surface area contributed by atoms with Gasteiger partial charge in [-0.05, 0) is 25.3 Å². The summed E-state index contributed by atoms with van der Waals surface area (Å²) in [7, 11) is 0. The number of hydrogen-bond donors (Lipinski definition) is 3. The van der Waals surface area contributed by atoms with Crippen LogP contribution >= 0.6 is 0 Å². The van der Waals surface area contributed by atoms with Crippen molar-refractivity contribution in [3.05, 3.63) is 28.3 Å². The number of nitrogens with one attached hydrogen (secondary N) is 2. The van der Waals surface area contributed by atoms with Crippen molar-refractivity contribution in [1.29, 1.82) is 0 Å². The molecular formula is C13H22N4O2. The van der Waals surface area contributed by atoms with Crippen molar-refractivity contribution in [1.82, 2.24) is 0 Å². The highest BCUT2D eigenvalue weighted by Crippen LogP contribution is 2.25. The number of hydrogen-bond acceptors (Lipinski definition) is 5. The van der Waals surface area contributed by atoms with Gasteiger partial charge in [0.15, 0.2) is 0 Å². The molecule has 0 amide bonds. The van der Waals surface area contributed by atoms with Gasteiger partial charge in [0.05, 0.1) is 10.6 Å². The van der Waals surface area contributed by atoms with Gasteiger partial charge in [-0.2, -0.15) is 0 Å². The van der Waals surface area contributed by atoms with Crippen molar-refractivity contribution in [3.63, 3.8) is 0 Å². The maximum absolute atomic E-state index is 10.8. The van der Waals surface area contributed by atoms with Crippen LogP contribution in [0.3, 0.4) is 0 Å². The Balaban J connectivity index is 2.82. The number of anilines is 2. The lowest BCUT2D eigenvalue weighted by Crippen LogP contribution is -2.18. The Bertz CT molecular complexity index is 437. The van der Waals surface area contributed by atoms with Crippen molar-refractivity contribution in [2.45, 2.75) is 39.7 Å². The molecule has 4 N–H and O–H groups in total. The van der Waals surface area contributed by atoms with Crippen molar-refractivity contribution in [2.24, 2.45) is 11.8 Å². The molecular weight excluding hydrogens is 244 g/mol. The maximum Gasteiger partial charge on any atom is 0.273 e. The molecule has 19 heavy (non-hydrogen) atoms. The highest BCUT2D eigenvalue weighted by molar-refractivity contribution is 5.63. The summed E-state index contributed by atoms with van der Waals surface area (Å²) in [4.78, 5) is 10.4. The monoisotopic (exact) mass is 266 g/mol. The summed E-state index contributed by atoms with van der Waals surface area (Å²) in [6.45, 7) is 6.42. The van der Waals surface area contributed by atoms with E-state index in [0.717, 1.165) is 12.8 Å². The highest BCUT2D eigenvalue weighted by Gasteiger charge is 2.12. The quantitative estimate of drug-likeness (QED) is 0.400. The van der Waals surface area contributed by atoms with Crippen LogP contribution in [0.1, 0.15) is 33.6 Å². The number of nitro benzene ring substituents is 1. The average Bonchev–Trinajstić information content (AvgIpc) is 2.37. The Morgan fingerprint density at radius 1 is 1.32 bits per heavy atom. The summed E-state index contributed by atoms with van der Waals surface area (Å²) < 4.78 is 0. The molecule has 0 aromatic heterocycles. The molecule has 6 heteroatoms. The molecule has 0 fully saturated rings. The zero-order valence-electron chi connectivity index (χ0n) is 11.6. The van der Waals surface area contributed by atoms with E-state index in [1.165, 1.54) is 12.1 Å². The van der Waals surface area contributed by atoms with Gasteiger partial charge >= 0.3 is 0 Å². The molecule has 1 aromatic carbocycles. The van der Waals surface area contributed by atoms with E-state index in [2.05, 4.69) is 31.5 Å². The van der Waals surface area contributed by atoms with Crippen LogP contribution in [0, 0.1) is 16.0 Å². The second-order valence-electron chi connectivity index (χ2n) is 4.96. The van der Waals surface area contributed by atoms with E-state index in [9.17, 15) is 10.1 Å². The van der Waals surface area contributed by atoms with Gasteiger partial charge in [-0.25, -0.2) is 0 Å². The first-order chi connectivity index (χ1) is 8.96. The molecule has 0 aliphatic heterocycles. The molecule has 6 nitrogen and oxygen atoms in total. The maximum atomic E-state index is 10.8. The largest absolute Gasteiger partial charge is 0.382 e. The third-order valence-electron chi connectivity index (χ3n) is 3.16. The molecule has 106 valence electrons. The smallest absolute Gasteiger partial charge is 0.273 e. The molecule has 0 saturated heterocycles. The molecule has 0 saturated carbocycles. The molecule has 0 radical (unpaired) electrons. The van der Waals surface area contributed by atoms with E-state index < -0.39 is 4.92 Å². The van der Waals surface area contributed by atoms with Crippen LogP contribution in [0.4, 0.5) is 17.1 Å². The second kappa shape index (κ2) is 6.94. The Kier molecular flexibility index (Phi) is 5.57. The summed E-state index contributed by atoms with van der Waals surface area (Å²) in [5.41, 5.74) is 3.69. The Morgan fingerprint density at radius 3 is 2.47 bits per heavy atom. The van der Waals surface area contributed by atoms with Gasteiger partial charge in [-0.15, -0.1) is 0 Å². The first-order valence-corrected chi connectivity index (χ1v) is 6.48. The molecule has 1 rings (SSSR count). The van der Waals surface area contributed by atoms with Crippen LogP contribution in [-0.4, -0.2) is 11.0 Å². The number of non-ortho nitro benzene ring substituents is 1. The van der Waals surface area contributed by atoms with Crippen LogP contribution in [0.15, 0.2) is 18.2 Å². The minimum atomic E-state index is -0.425. The third kappa shape index (κ3) is 4.75. The zero-order valence-corrected chi connectivity index (χ0v) is 11.6. The van der Waals surface area contributed by atoms with Gasteiger partial charge < -0.3 is 10.7 Å². The van der Waals surface area contributed by atoms with Crippen LogP contribution in [0.2, 0.25) is 0 Å². The molecule has 2 atom stereocenters. The van der Waals surface area contributed by atoms with Gasteiger partial charge in [0, 0.05) is 23.9 Å². The number of nitro groups is 1. The first-order valence-electron chi connectivity index (χ1n) is 6.48. The molecule has 1 aromatic rings. The van der Waals surface area contributed by atoms with E-state index in [1.54, 1.807) is 6.07 Å². The predicted octanol–water partition coefficient (Wildman–Crippen LogP) is 3.12. The van der Waals surface area contributed by atoms with Crippen LogP contribution in [-0.2, 0) is 0 Å². The first kappa shape index (κ1) is 15.2. The molecule has 0 bridgehead atoms. The minimum absolute atomic E-state index is 0.0219. The fourth-order valence-corrected chi connectivity index (χ4v) is 2.00. The molecule has 0 spiro atoms. The SMILES string of the molecule is CCC(C)CC(C)Nc1cc(NN)cc([N+](=O)[O-])c1. The average molecular weight is 266 g/mol. The lowest BCUT2D eigenvalue weighted by Gasteiger charge is -2.19. The van der Waals surface area contributed by atoms with Crippen molar-refractivity contribution in [2.75, 3.05) is 10.7 Å². The lowest BCUT2D eigenvalue weighted by molar-refractivity contribution is -0.384. The Morgan fingerprint density at radius 2 is 1.95 bits per heavy atom. The Labute approximate surface area is 113 Å². The van der Waals surface area contributed by atoms with Crippen molar-refractivity contribution >= 4 is 17.1 Å². The Hall–Kier alpha value is -1.82. The summed E-state index contributed by atoms with van der Waals surface area (Å²) in [5.74, 6) is 5.94. The number of rotatable bonds is 7. The second-order valence-corrected chi connectivity index (χ2v) is 4.96. The van der Waals surface area contributed by atoms with Gasteiger partial charge in [0.25, 0.3) is 5.69 Å². The molecule has 2 unspecified atom stereocenters. The van der Waals surface area contributed by atoms with Gasteiger partial charge in [-0.1, -0.05) is 20.3 Å². The van der Waals surface area contributed by atoms with Gasteiger partial charge in [0.2, 0.25) is 0 Å². The highest BCUT2D eigenvalue weighted by atomic mass is 16.6. The number of benzene rings is 1. The zero-order chi connectivity index (χ0) is 14.4. The third-order valence-corrected chi connectivity index (χ3v) is 3.16. The molecule has 0 aliphatic rings. The van der Waals surface area contributed by atoms with Gasteiger partial charge in [-0.3, -0.25) is 16.0 Å². The number of nitrogens with zero attached hydrogens (tertiary/aromatic N) is 1. The summed E-state index contributed by atoms with van der Waals surface area (Å²) in [5, 5.41) is 14.1. The number of nitrogens with two attached hydrogens (primary N) is 1. The van der Waals surface area contributed by atoms with E-state index in [4.69, 9.17) is 5.84 Å². The van der Waals surface area contributed by atoms with E-state index in [-0.39, 0.29) is 11.7 Å². The normalized spacial score (nSPS) is 13.7. The van der Waals surface area contributed by atoms with E-state index in [1.807, 2.05) is 0 Å². The summed E-state index contributed by atoms with van der Waals surface area (Å²) >= 11 is 0. The summed E-state index contributed by atoms with van der Waals surface area (Å²) in [6.07, 6.45) is 2.14. The molecule has 0 aliphatic carbocycles. The van der Waals surface area contributed by atoms with E-state index >= 15 is 0 Å². The topological polar surface area (TPSA) is 93.2 Å². The van der Waals surface area contributed by atoms with Crippen molar-refractivity contribution in [3.8, 4) is 0 Å². The van der Waals surface area contributed by atoms with Crippen LogP contribution < -0.4 is 16.6 Å². The standard InChI is InChI=1S/C13H22N4O2/c1-4-9(2)5-10(3)15-11-6-12(16-14)8-13(7-11)17(18)19/h6-10,15-16H,4-5,14H2,1-3H3. The number of nitrogen functional groups attached to an aromatic ring is 1. The van der Waals surface area contributed by atoms with E-state index in [0.29, 0.717) is 17.3 Å². The van der Waals surface area contributed by atoms with Crippen molar-refractivity contribution < 1.29 is 4.92 Å². The molecule has 0 heterocycles. The number of hydrazine groups is 1. The predicted molar refractivity (Wildman–Crippen MR) is 78.1 cm³/mol. The summed E-state index contributed by atoms with van der Waals surface area (Å²) in [6, 6.07) is 4.95. The minimum Gasteiger partial charge on any atom is -0.382 e. The fraction of sp³-hybridized carbons (Fsp3) is 0.538. The van der Waals surface area contributed by atoms with Crippen LogP contribution in [0.25, 0.3) is 0 Å². The van der Waals surface area contributed by atoms with Gasteiger partial charge in [0.1, 0.15) is 0 Å².